The SMILES string of the molecule is COc1cc2c(cc1OC)C(c1ccc([N+](=O)[O-])cc1)=NNC(C)C2. The van der Waals surface area contributed by atoms with Crippen LogP contribution in [0.2, 0.25) is 0 Å². The van der Waals surface area contributed by atoms with Gasteiger partial charge >= 0.3 is 0 Å². The van der Waals surface area contributed by atoms with Crippen molar-refractivity contribution in [3.05, 3.63) is 63.2 Å². The molecular formula is C18H19N3O4. The maximum atomic E-state index is 10.9. The summed E-state index contributed by atoms with van der Waals surface area (Å²) in [4.78, 5) is 10.5. The number of nitro groups is 1. The second-order valence-electron chi connectivity index (χ2n) is 5.86. The van der Waals surface area contributed by atoms with Crippen molar-refractivity contribution in [2.75, 3.05) is 14.2 Å². The average Bonchev–Trinajstić information content (AvgIpc) is 2.78. The second-order valence-corrected chi connectivity index (χ2v) is 5.86. The highest BCUT2D eigenvalue weighted by atomic mass is 16.6. The van der Waals surface area contributed by atoms with Crippen LogP contribution in [0.3, 0.4) is 0 Å². The van der Waals surface area contributed by atoms with E-state index in [0.717, 1.165) is 28.8 Å². The van der Waals surface area contributed by atoms with Gasteiger partial charge in [0, 0.05) is 29.3 Å². The van der Waals surface area contributed by atoms with Crippen LogP contribution in [-0.2, 0) is 6.42 Å². The van der Waals surface area contributed by atoms with Crippen LogP contribution in [0.25, 0.3) is 0 Å². The number of ether oxygens (including phenoxy) is 2. The molecule has 0 spiro atoms. The number of benzene rings is 2. The zero-order valence-corrected chi connectivity index (χ0v) is 14.3. The van der Waals surface area contributed by atoms with Crippen molar-refractivity contribution >= 4 is 11.4 Å². The quantitative estimate of drug-likeness (QED) is 0.682. The zero-order valence-electron chi connectivity index (χ0n) is 14.3. The summed E-state index contributed by atoms with van der Waals surface area (Å²) in [5.74, 6) is 1.28. The van der Waals surface area contributed by atoms with Crippen molar-refractivity contribution in [2.45, 2.75) is 19.4 Å². The van der Waals surface area contributed by atoms with E-state index in [1.807, 2.05) is 19.1 Å². The van der Waals surface area contributed by atoms with E-state index in [1.165, 1.54) is 12.1 Å². The number of rotatable bonds is 4. The zero-order chi connectivity index (χ0) is 18.0. The Morgan fingerprint density at radius 3 is 2.40 bits per heavy atom. The van der Waals surface area contributed by atoms with Gasteiger partial charge in [-0.15, -0.1) is 0 Å². The Morgan fingerprint density at radius 1 is 1.16 bits per heavy atom. The van der Waals surface area contributed by atoms with E-state index in [-0.39, 0.29) is 11.7 Å². The molecule has 1 unspecified atom stereocenters. The van der Waals surface area contributed by atoms with Gasteiger partial charge in [0.1, 0.15) is 0 Å². The first-order valence-electron chi connectivity index (χ1n) is 7.86. The average molecular weight is 341 g/mol. The fraction of sp³-hybridized carbons (Fsp3) is 0.278. The molecule has 0 saturated carbocycles. The van der Waals surface area contributed by atoms with Gasteiger partial charge in [0.25, 0.3) is 5.69 Å². The maximum Gasteiger partial charge on any atom is 0.269 e. The van der Waals surface area contributed by atoms with Crippen LogP contribution in [0.1, 0.15) is 23.6 Å². The van der Waals surface area contributed by atoms with E-state index in [1.54, 1.807) is 26.4 Å². The number of hydrogen-bond acceptors (Lipinski definition) is 6. The molecule has 25 heavy (non-hydrogen) atoms. The van der Waals surface area contributed by atoms with Crippen LogP contribution in [-0.4, -0.2) is 30.9 Å². The molecule has 1 heterocycles. The van der Waals surface area contributed by atoms with Gasteiger partial charge in [-0.25, -0.2) is 0 Å². The smallest absolute Gasteiger partial charge is 0.269 e. The summed E-state index contributed by atoms with van der Waals surface area (Å²) in [5, 5.41) is 15.4. The van der Waals surface area contributed by atoms with Gasteiger partial charge in [-0.1, -0.05) is 0 Å². The lowest BCUT2D eigenvalue weighted by Crippen LogP contribution is -2.21. The molecule has 130 valence electrons. The minimum atomic E-state index is -0.416. The van der Waals surface area contributed by atoms with Gasteiger partial charge in [-0.3, -0.25) is 10.1 Å². The minimum Gasteiger partial charge on any atom is -0.493 e. The molecule has 2 aromatic carbocycles. The predicted molar refractivity (Wildman–Crippen MR) is 94.6 cm³/mol. The molecule has 3 rings (SSSR count). The molecular weight excluding hydrogens is 322 g/mol. The number of non-ortho nitro benzene ring substituents is 1. The van der Waals surface area contributed by atoms with E-state index in [2.05, 4.69) is 10.5 Å². The summed E-state index contributed by atoms with van der Waals surface area (Å²) in [7, 11) is 3.19. The largest absolute Gasteiger partial charge is 0.493 e. The normalized spacial score (nSPS) is 16.1. The van der Waals surface area contributed by atoms with Crippen molar-refractivity contribution in [1.82, 2.24) is 5.43 Å². The fourth-order valence-electron chi connectivity index (χ4n) is 2.88. The molecule has 1 aliphatic heterocycles. The van der Waals surface area contributed by atoms with Crippen molar-refractivity contribution in [3.63, 3.8) is 0 Å². The van der Waals surface area contributed by atoms with E-state index in [9.17, 15) is 10.1 Å². The predicted octanol–water partition coefficient (Wildman–Crippen LogP) is 2.90. The first-order chi connectivity index (χ1) is 12.0. The van der Waals surface area contributed by atoms with Crippen molar-refractivity contribution < 1.29 is 14.4 Å². The molecule has 7 heteroatoms. The Balaban J connectivity index is 2.13. The molecule has 1 atom stereocenters. The van der Waals surface area contributed by atoms with Gasteiger partial charge in [-0.2, -0.15) is 5.10 Å². The molecule has 0 saturated heterocycles. The highest BCUT2D eigenvalue weighted by Gasteiger charge is 2.21. The molecule has 0 fully saturated rings. The summed E-state index contributed by atoms with van der Waals surface area (Å²) >= 11 is 0. The first kappa shape index (κ1) is 16.8. The Hall–Kier alpha value is -3.09. The first-order valence-corrected chi connectivity index (χ1v) is 7.86. The number of fused-ring (bicyclic) bond motifs is 1. The summed E-state index contributed by atoms with van der Waals surface area (Å²) < 4.78 is 10.8. The maximum absolute atomic E-state index is 10.9. The van der Waals surface area contributed by atoms with E-state index < -0.39 is 4.92 Å². The third-order valence-corrected chi connectivity index (χ3v) is 4.14. The Bertz CT molecular complexity index is 831. The van der Waals surface area contributed by atoms with Crippen LogP contribution in [0.15, 0.2) is 41.5 Å². The summed E-state index contributed by atoms with van der Waals surface area (Å²) in [5.41, 5.74) is 6.68. The van der Waals surface area contributed by atoms with Crippen LogP contribution in [0.4, 0.5) is 5.69 Å². The highest BCUT2D eigenvalue weighted by Crippen LogP contribution is 2.33. The molecule has 2 aromatic rings. The fourth-order valence-corrected chi connectivity index (χ4v) is 2.88. The van der Waals surface area contributed by atoms with Crippen molar-refractivity contribution in [1.29, 1.82) is 0 Å². The molecule has 0 bridgehead atoms. The van der Waals surface area contributed by atoms with Crippen LogP contribution >= 0.6 is 0 Å². The lowest BCUT2D eigenvalue weighted by molar-refractivity contribution is -0.384. The Kier molecular flexibility index (Phi) is 4.56. The van der Waals surface area contributed by atoms with Crippen molar-refractivity contribution in [3.8, 4) is 11.5 Å². The van der Waals surface area contributed by atoms with Crippen LogP contribution in [0.5, 0.6) is 11.5 Å². The number of hydrogen-bond donors (Lipinski definition) is 1. The minimum absolute atomic E-state index is 0.0480. The Labute approximate surface area is 145 Å². The van der Waals surface area contributed by atoms with Gasteiger partial charge in [0.05, 0.1) is 24.9 Å². The van der Waals surface area contributed by atoms with Gasteiger partial charge < -0.3 is 14.9 Å². The third-order valence-electron chi connectivity index (χ3n) is 4.14. The summed E-state index contributed by atoms with van der Waals surface area (Å²) in [6, 6.07) is 10.4. The number of methoxy groups -OCH3 is 2. The third kappa shape index (κ3) is 3.26. The van der Waals surface area contributed by atoms with Crippen molar-refractivity contribution in [2.24, 2.45) is 5.10 Å². The van der Waals surface area contributed by atoms with Crippen LogP contribution < -0.4 is 14.9 Å². The number of nitrogens with zero attached hydrogens (tertiary/aromatic N) is 2. The number of nitrogens with one attached hydrogen (secondary N) is 1. The molecule has 0 aromatic heterocycles. The van der Waals surface area contributed by atoms with Crippen LogP contribution in [0, 0.1) is 10.1 Å². The van der Waals surface area contributed by atoms with Gasteiger partial charge in [0.15, 0.2) is 11.5 Å². The Morgan fingerprint density at radius 2 is 1.80 bits per heavy atom. The highest BCUT2D eigenvalue weighted by molar-refractivity contribution is 6.14. The lowest BCUT2D eigenvalue weighted by Gasteiger charge is -2.15. The van der Waals surface area contributed by atoms with Gasteiger partial charge in [-0.05, 0) is 43.2 Å². The lowest BCUT2D eigenvalue weighted by atomic mass is 9.94. The van der Waals surface area contributed by atoms with E-state index >= 15 is 0 Å². The molecule has 1 aliphatic rings. The molecule has 0 amide bonds. The number of nitro benzene ring substituents is 1. The standard InChI is InChI=1S/C18H19N3O4/c1-11-8-13-9-16(24-2)17(25-3)10-15(13)18(20-19-11)12-4-6-14(7-5-12)21(22)23/h4-7,9-11,19H,8H2,1-3H3. The molecule has 7 nitrogen and oxygen atoms in total. The number of hydrazone groups is 1. The molecule has 0 aliphatic carbocycles. The second kappa shape index (κ2) is 6.80. The molecule has 1 N–H and O–H groups in total. The van der Waals surface area contributed by atoms with Gasteiger partial charge in [0.2, 0.25) is 0 Å². The summed E-state index contributed by atoms with van der Waals surface area (Å²) in [6.07, 6.45) is 0.773. The topological polar surface area (TPSA) is 86.0 Å². The molecule has 0 radical (unpaired) electrons. The van der Waals surface area contributed by atoms with E-state index in [0.29, 0.717) is 11.5 Å². The monoisotopic (exact) mass is 341 g/mol. The summed E-state index contributed by atoms with van der Waals surface area (Å²) in [6.45, 7) is 2.04. The van der Waals surface area contributed by atoms with E-state index in [4.69, 9.17) is 9.47 Å².